The Bertz CT molecular complexity index is 1470. The average Bonchev–Trinajstić information content (AvgIpc) is 3.30. The number of rotatable bonds is 10. The molecule has 0 atom stereocenters. The molecule has 0 amide bonds. The van der Waals surface area contributed by atoms with Gasteiger partial charge in [0.05, 0.1) is 16.1 Å². The van der Waals surface area contributed by atoms with Gasteiger partial charge >= 0.3 is 12.3 Å². The van der Waals surface area contributed by atoms with Gasteiger partial charge in [0, 0.05) is 17.0 Å². The van der Waals surface area contributed by atoms with E-state index >= 15 is 0 Å². The highest BCUT2D eigenvalue weighted by atomic mass is 35.5. The summed E-state index contributed by atoms with van der Waals surface area (Å²) in [7, 11) is 0. The summed E-state index contributed by atoms with van der Waals surface area (Å²) in [6.07, 6.45) is -4.88. The van der Waals surface area contributed by atoms with Crippen molar-refractivity contribution in [3.8, 4) is 28.5 Å². The first-order chi connectivity index (χ1) is 18.5. The van der Waals surface area contributed by atoms with Crippen molar-refractivity contribution in [1.82, 2.24) is 5.16 Å². The van der Waals surface area contributed by atoms with Crippen molar-refractivity contribution in [3.63, 3.8) is 0 Å². The smallest absolute Gasteiger partial charge is 0.489 e. The summed E-state index contributed by atoms with van der Waals surface area (Å²) >= 11 is 6.42. The van der Waals surface area contributed by atoms with Gasteiger partial charge in [0.15, 0.2) is 0 Å². The van der Waals surface area contributed by atoms with E-state index in [4.69, 9.17) is 30.7 Å². The van der Waals surface area contributed by atoms with E-state index in [9.17, 15) is 18.0 Å². The number of carboxylic acids is 1. The molecule has 0 aliphatic rings. The molecule has 0 fully saturated rings. The van der Waals surface area contributed by atoms with Gasteiger partial charge in [-0.2, -0.15) is 0 Å². The number of ether oxygens (including phenoxy) is 3. The second kappa shape index (κ2) is 11.7. The molecule has 204 valence electrons. The molecule has 1 aromatic heterocycles. The number of alkyl halides is 3. The van der Waals surface area contributed by atoms with Crippen molar-refractivity contribution in [2.75, 3.05) is 0 Å². The first kappa shape index (κ1) is 27.8. The molecule has 4 rings (SSSR count). The van der Waals surface area contributed by atoms with Crippen molar-refractivity contribution >= 4 is 17.6 Å². The van der Waals surface area contributed by atoms with Gasteiger partial charge in [0.2, 0.25) is 0 Å². The lowest BCUT2D eigenvalue weighted by Gasteiger charge is -2.14. The molecule has 0 radical (unpaired) electrons. The fourth-order valence-electron chi connectivity index (χ4n) is 3.77. The Balaban J connectivity index is 1.52. The lowest BCUT2D eigenvalue weighted by molar-refractivity contribution is -0.274. The second-order valence-electron chi connectivity index (χ2n) is 8.74. The van der Waals surface area contributed by atoms with E-state index in [-0.39, 0.29) is 36.0 Å². The number of aromatic nitrogens is 1. The molecule has 0 aliphatic heterocycles. The molecule has 1 heterocycles. The first-order valence-corrected chi connectivity index (χ1v) is 12.1. The predicted octanol–water partition coefficient (Wildman–Crippen LogP) is 7.87. The van der Waals surface area contributed by atoms with Gasteiger partial charge in [0.1, 0.15) is 41.9 Å². The summed E-state index contributed by atoms with van der Waals surface area (Å²) < 4.78 is 60.2. The molecule has 0 saturated heterocycles. The van der Waals surface area contributed by atoms with Crippen LogP contribution in [0.5, 0.6) is 17.2 Å². The molecular weight excluding hydrogens is 539 g/mol. The van der Waals surface area contributed by atoms with Crippen LogP contribution < -0.4 is 14.2 Å². The van der Waals surface area contributed by atoms with Crippen LogP contribution in [0.4, 0.5) is 13.2 Å². The van der Waals surface area contributed by atoms with E-state index in [1.54, 1.807) is 36.4 Å². The van der Waals surface area contributed by atoms with Gasteiger partial charge in [-0.05, 0) is 42.5 Å². The Morgan fingerprint density at radius 3 is 2.41 bits per heavy atom. The van der Waals surface area contributed by atoms with Crippen LogP contribution in [0, 0.1) is 0 Å². The molecule has 4 aromatic rings. The summed E-state index contributed by atoms with van der Waals surface area (Å²) in [5.74, 6) is -0.348. The summed E-state index contributed by atoms with van der Waals surface area (Å²) in [6, 6.07) is 16.7. The van der Waals surface area contributed by atoms with Gasteiger partial charge in [0.25, 0.3) is 0 Å². The van der Waals surface area contributed by atoms with Gasteiger partial charge in [-0.1, -0.05) is 54.9 Å². The van der Waals surface area contributed by atoms with Gasteiger partial charge in [-0.25, -0.2) is 4.79 Å². The number of aromatic carboxylic acids is 1. The van der Waals surface area contributed by atoms with E-state index in [0.29, 0.717) is 33.4 Å². The maximum Gasteiger partial charge on any atom is 0.573 e. The normalized spacial score (nSPS) is 11.5. The molecule has 11 heteroatoms. The standard InChI is InChI=1S/C28H23ClF3NO6/c1-16(2)26-22(25(33-39-26)21-8-3-4-9-24(21)38-28(30,31)32)15-37-20-11-10-18(23(29)13-20)14-36-19-7-5-6-17(12-19)27(34)35/h3-13,16H,14-15H2,1-2H3,(H,34,35). The summed E-state index contributed by atoms with van der Waals surface area (Å²) in [4.78, 5) is 11.1. The molecule has 0 spiro atoms. The minimum atomic E-state index is -4.88. The Morgan fingerprint density at radius 2 is 1.72 bits per heavy atom. The third-order valence-corrected chi connectivity index (χ3v) is 5.95. The minimum absolute atomic E-state index is 0.0547. The zero-order valence-electron chi connectivity index (χ0n) is 20.8. The van der Waals surface area contributed by atoms with Crippen LogP contribution in [0.15, 0.2) is 71.3 Å². The Hall–Kier alpha value is -4.18. The molecule has 7 nitrogen and oxygen atoms in total. The van der Waals surface area contributed by atoms with E-state index in [2.05, 4.69) is 9.89 Å². The van der Waals surface area contributed by atoms with Crippen molar-refractivity contribution in [2.45, 2.75) is 39.3 Å². The first-order valence-electron chi connectivity index (χ1n) is 11.7. The average molecular weight is 562 g/mol. The third-order valence-electron chi connectivity index (χ3n) is 5.59. The van der Waals surface area contributed by atoms with Crippen LogP contribution in [0.2, 0.25) is 5.02 Å². The monoisotopic (exact) mass is 561 g/mol. The fourth-order valence-corrected chi connectivity index (χ4v) is 4.00. The number of hydrogen-bond acceptors (Lipinski definition) is 6. The number of halogens is 4. The van der Waals surface area contributed by atoms with E-state index in [1.807, 2.05) is 13.8 Å². The second-order valence-corrected chi connectivity index (χ2v) is 9.14. The fraction of sp³-hybridized carbons (Fsp3) is 0.214. The molecule has 39 heavy (non-hydrogen) atoms. The summed E-state index contributed by atoms with van der Waals surface area (Å²) in [5, 5.41) is 13.5. The van der Waals surface area contributed by atoms with Crippen LogP contribution >= 0.6 is 11.6 Å². The number of carbonyl (C=O) groups is 1. The maximum absolute atomic E-state index is 13.0. The number of carboxylic acid groups (broad SMARTS) is 1. The molecule has 0 saturated carbocycles. The van der Waals surface area contributed by atoms with Crippen LogP contribution in [0.1, 0.15) is 47.0 Å². The Morgan fingerprint density at radius 1 is 1.00 bits per heavy atom. The quantitative estimate of drug-likeness (QED) is 0.211. The van der Waals surface area contributed by atoms with Crippen molar-refractivity contribution in [1.29, 1.82) is 0 Å². The topological polar surface area (TPSA) is 91.0 Å². The minimum Gasteiger partial charge on any atom is -0.489 e. The molecule has 0 unspecified atom stereocenters. The molecule has 0 bridgehead atoms. The number of para-hydroxylation sites is 1. The van der Waals surface area contributed by atoms with Gasteiger partial charge in [-0.15, -0.1) is 13.2 Å². The maximum atomic E-state index is 13.0. The van der Waals surface area contributed by atoms with E-state index in [0.717, 1.165) is 0 Å². The van der Waals surface area contributed by atoms with Gasteiger partial charge < -0.3 is 23.8 Å². The molecule has 0 aliphatic carbocycles. The van der Waals surface area contributed by atoms with Crippen molar-refractivity contribution in [3.05, 3.63) is 94.2 Å². The molecule has 3 aromatic carbocycles. The molecule has 1 N–H and O–H groups in total. The van der Waals surface area contributed by atoms with E-state index in [1.165, 1.54) is 30.3 Å². The van der Waals surface area contributed by atoms with Crippen molar-refractivity contribution in [2.24, 2.45) is 0 Å². The predicted molar refractivity (Wildman–Crippen MR) is 136 cm³/mol. The lowest BCUT2D eigenvalue weighted by atomic mass is 10.0. The van der Waals surface area contributed by atoms with Crippen LogP contribution in [-0.2, 0) is 13.2 Å². The Kier molecular flexibility index (Phi) is 8.35. The lowest BCUT2D eigenvalue weighted by Crippen LogP contribution is -2.17. The summed E-state index contributed by atoms with van der Waals surface area (Å²) in [5.41, 5.74) is 1.50. The number of hydrogen-bond donors (Lipinski definition) is 1. The van der Waals surface area contributed by atoms with Gasteiger partial charge in [-0.3, -0.25) is 0 Å². The van der Waals surface area contributed by atoms with E-state index < -0.39 is 18.1 Å². The highest BCUT2D eigenvalue weighted by Crippen LogP contribution is 2.38. The number of benzene rings is 3. The van der Waals surface area contributed by atoms with Crippen LogP contribution in [0.3, 0.4) is 0 Å². The highest BCUT2D eigenvalue weighted by Gasteiger charge is 2.33. The highest BCUT2D eigenvalue weighted by molar-refractivity contribution is 6.31. The van der Waals surface area contributed by atoms with Crippen LogP contribution in [-0.4, -0.2) is 22.6 Å². The zero-order chi connectivity index (χ0) is 28.2. The SMILES string of the molecule is CC(C)c1onc(-c2ccccc2OC(F)(F)F)c1COc1ccc(COc2cccc(C(=O)O)c2)c(Cl)c1. The Labute approximate surface area is 226 Å². The molecular formula is C28H23ClF3NO6. The van der Waals surface area contributed by atoms with Crippen LogP contribution in [0.25, 0.3) is 11.3 Å². The van der Waals surface area contributed by atoms with Crippen molar-refractivity contribution < 1.29 is 41.8 Å². The summed E-state index contributed by atoms with van der Waals surface area (Å²) in [6.45, 7) is 3.76. The third kappa shape index (κ3) is 7.02. The largest absolute Gasteiger partial charge is 0.573 e. The number of nitrogens with zero attached hydrogens (tertiary/aromatic N) is 1. The zero-order valence-corrected chi connectivity index (χ0v) is 21.5.